The first-order valence-electron chi connectivity index (χ1n) is 14.0. The molecule has 0 N–H and O–H groups in total. The van der Waals surface area contributed by atoms with Crippen LogP contribution in [0.4, 0.5) is 0 Å². The number of rotatable bonds is 2. The summed E-state index contributed by atoms with van der Waals surface area (Å²) in [6.45, 7) is 9.81. The molecule has 10 atom stereocenters. The molecule has 0 radical (unpaired) electrons. The normalized spacial score (nSPS) is 50.4. The minimum Gasteiger partial charge on any atom is -0.469 e. The summed E-state index contributed by atoms with van der Waals surface area (Å²) in [5, 5.41) is 0. The minimum absolute atomic E-state index is 0.0150. The molecule has 5 rings (SSSR count). The highest BCUT2D eigenvalue weighted by Crippen LogP contribution is 2.69. The summed E-state index contributed by atoms with van der Waals surface area (Å²) < 4.78 is 5.14. The van der Waals surface area contributed by atoms with Gasteiger partial charge in [0.2, 0.25) is 0 Å². The summed E-state index contributed by atoms with van der Waals surface area (Å²) in [4.78, 5) is 29.0. The summed E-state index contributed by atoms with van der Waals surface area (Å²) in [6, 6.07) is 0.625. The van der Waals surface area contributed by atoms with Crippen LogP contribution in [0.15, 0.2) is 11.6 Å². The molecule has 5 unspecified atom stereocenters. The van der Waals surface area contributed by atoms with Crippen molar-refractivity contribution in [1.82, 2.24) is 4.90 Å². The predicted molar refractivity (Wildman–Crippen MR) is 135 cm³/mol. The monoisotopic (exact) mass is 469 g/mol. The zero-order chi connectivity index (χ0) is 24.6. The first-order valence-corrected chi connectivity index (χ1v) is 14.0. The first kappa shape index (κ1) is 24.5. The number of ether oxygens (including phenoxy) is 1. The Morgan fingerprint density at radius 3 is 2.32 bits per heavy atom. The van der Waals surface area contributed by atoms with E-state index in [1.54, 1.807) is 0 Å². The van der Waals surface area contributed by atoms with Crippen molar-refractivity contribution in [2.45, 2.75) is 91.5 Å². The highest BCUT2D eigenvalue weighted by Gasteiger charge is 2.65. The van der Waals surface area contributed by atoms with Crippen LogP contribution in [0.25, 0.3) is 0 Å². The van der Waals surface area contributed by atoms with Gasteiger partial charge in [0.25, 0.3) is 0 Å². The fraction of sp³-hybridized carbons (Fsp3) is 0.867. The summed E-state index contributed by atoms with van der Waals surface area (Å²) in [5.41, 5.74) is 1.77. The van der Waals surface area contributed by atoms with Gasteiger partial charge in [-0.3, -0.25) is 9.59 Å². The quantitative estimate of drug-likeness (QED) is 0.472. The molecule has 4 heteroatoms. The zero-order valence-corrected chi connectivity index (χ0v) is 22.7. The summed E-state index contributed by atoms with van der Waals surface area (Å²) in [6.07, 6.45) is 12.2. The molecule has 0 aliphatic heterocycles. The van der Waals surface area contributed by atoms with E-state index in [4.69, 9.17) is 4.74 Å². The Morgan fingerprint density at radius 1 is 0.971 bits per heavy atom. The Kier molecular flexibility index (Phi) is 5.90. The highest BCUT2D eigenvalue weighted by atomic mass is 16.5. The topological polar surface area (TPSA) is 46.6 Å². The fourth-order valence-electron chi connectivity index (χ4n) is 10.5. The van der Waals surface area contributed by atoms with Gasteiger partial charge in [-0.2, -0.15) is 0 Å². The van der Waals surface area contributed by atoms with Crippen LogP contribution < -0.4 is 0 Å². The van der Waals surface area contributed by atoms with E-state index in [9.17, 15) is 9.59 Å². The maximum absolute atomic E-state index is 14.1. The van der Waals surface area contributed by atoms with Gasteiger partial charge in [0.05, 0.1) is 13.0 Å². The lowest BCUT2D eigenvalue weighted by atomic mass is 9.38. The molecule has 4 nitrogen and oxygen atoms in total. The number of carbonyl (C=O) groups excluding carboxylic acids is 2. The Morgan fingerprint density at radius 2 is 1.65 bits per heavy atom. The number of esters is 1. The molecule has 5 aliphatic carbocycles. The number of methoxy groups -OCH3 is 1. The smallest absolute Gasteiger partial charge is 0.308 e. The van der Waals surface area contributed by atoms with Crippen LogP contribution in [0.3, 0.4) is 0 Å². The Hall–Kier alpha value is -1.16. The molecule has 0 aromatic rings. The second-order valence-corrected chi connectivity index (χ2v) is 13.9. The molecule has 0 spiro atoms. The zero-order valence-electron chi connectivity index (χ0n) is 22.7. The van der Waals surface area contributed by atoms with Crippen molar-refractivity contribution in [3.8, 4) is 0 Å². The van der Waals surface area contributed by atoms with Crippen molar-refractivity contribution in [3.05, 3.63) is 11.6 Å². The van der Waals surface area contributed by atoms with Crippen LogP contribution in [-0.2, 0) is 14.3 Å². The van der Waals surface area contributed by atoms with Crippen molar-refractivity contribution >= 4 is 11.8 Å². The van der Waals surface area contributed by atoms with Crippen LogP contribution in [0, 0.1) is 51.8 Å². The van der Waals surface area contributed by atoms with Gasteiger partial charge >= 0.3 is 5.97 Å². The number of ketones is 1. The van der Waals surface area contributed by atoms with Crippen LogP contribution in [0.2, 0.25) is 0 Å². The number of hydrogen-bond donors (Lipinski definition) is 0. The summed E-state index contributed by atoms with van der Waals surface area (Å²) >= 11 is 0. The van der Waals surface area contributed by atoms with Gasteiger partial charge in [0, 0.05) is 12.0 Å². The van der Waals surface area contributed by atoms with Gasteiger partial charge in [-0.05, 0) is 118 Å². The fourth-order valence-corrected chi connectivity index (χ4v) is 10.5. The maximum Gasteiger partial charge on any atom is 0.308 e. The minimum atomic E-state index is -0.0596. The van der Waals surface area contributed by atoms with E-state index >= 15 is 0 Å². The molecular weight excluding hydrogens is 422 g/mol. The lowest BCUT2D eigenvalue weighted by molar-refractivity contribution is -0.164. The molecule has 4 fully saturated rings. The number of hydrogen-bond acceptors (Lipinski definition) is 4. The number of fused-ring (bicyclic) bond motifs is 7. The summed E-state index contributed by atoms with van der Waals surface area (Å²) in [7, 11) is 5.96. The van der Waals surface area contributed by atoms with E-state index in [0.717, 1.165) is 25.7 Å². The van der Waals surface area contributed by atoms with Crippen LogP contribution in [0.5, 0.6) is 0 Å². The Balaban J connectivity index is 1.51. The average Bonchev–Trinajstić information content (AvgIpc) is 2.77. The standard InChI is InChI=1S/C30H47NO3/c1-18-21-10-14-30(4)22-9-13-28(2)12-8-19(27(33)34-7)16-23(28)20(22)17-25(32)26(30)29(21,3)15-11-24(18)31(5)6/h17-19,21-24,26H,8-16H2,1-7H3/t18-,19-,21?,22?,23?,24?,26?,28+,29-,30-/m0/s1. The van der Waals surface area contributed by atoms with Crippen molar-refractivity contribution in [2.24, 2.45) is 51.8 Å². The molecular formula is C30H47NO3. The van der Waals surface area contributed by atoms with Gasteiger partial charge in [0.15, 0.2) is 5.78 Å². The molecule has 0 amide bonds. The number of carbonyl (C=O) groups is 2. The van der Waals surface area contributed by atoms with E-state index in [1.807, 2.05) is 0 Å². The van der Waals surface area contributed by atoms with Gasteiger partial charge in [-0.1, -0.05) is 33.3 Å². The lowest BCUT2D eigenvalue weighted by Gasteiger charge is -2.66. The van der Waals surface area contributed by atoms with Crippen LogP contribution in [-0.4, -0.2) is 43.9 Å². The van der Waals surface area contributed by atoms with Crippen molar-refractivity contribution in [3.63, 3.8) is 0 Å². The van der Waals surface area contributed by atoms with E-state index in [2.05, 4.69) is 52.8 Å². The molecule has 0 aromatic carbocycles. The van der Waals surface area contributed by atoms with Gasteiger partial charge in [-0.25, -0.2) is 0 Å². The van der Waals surface area contributed by atoms with E-state index in [1.165, 1.54) is 44.8 Å². The molecule has 0 saturated heterocycles. The van der Waals surface area contributed by atoms with Gasteiger partial charge in [-0.15, -0.1) is 0 Å². The van der Waals surface area contributed by atoms with Crippen molar-refractivity contribution in [1.29, 1.82) is 0 Å². The third-order valence-electron chi connectivity index (χ3n) is 12.2. The summed E-state index contributed by atoms with van der Waals surface area (Å²) in [5.74, 6) is 2.56. The number of allylic oxidation sites excluding steroid dienone is 2. The van der Waals surface area contributed by atoms with Gasteiger partial charge < -0.3 is 9.64 Å². The molecule has 4 saturated carbocycles. The van der Waals surface area contributed by atoms with Crippen molar-refractivity contribution in [2.75, 3.05) is 21.2 Å². The van der Waals surface area contributed by atoms with E-state index in [-0.39, 0.29) is 34.1 Å². The van der Waals surface area contributed by atoms with Crippen LogP contribution in [0.1, 0.15) is 85.5 Å². The van der Waals surface area contributed by atoms with E-state index < -0.39 is 0 Å². The SMILES string of the molecule is COC(=O)[C@H]1CC[C@]2(C)CCC3C(=CC(=O)C4[C@@]3(C)CCC3[C@H](C)C(N(C)C)CC[C@@]34C)C2C1. The third-order valence-corrected chi connectivity index (χ3v) is 12.2. The van der Waals surface area contributed by atoms with Crippen LogP contribution >= 0.6 is 0 Å². The largest absolute Gasteiger partial charge is 0.469 e. The third kappa shape index (κ3) is 3.33. The van der Waals surface area contributed by atoms with Gasteiger partial charge in [0.1, 0.15) is 0 Å². The molecule has 0 heterocycles. The second-order valence-electron chi connectivity index (χ2n) is 13.9. The maximum atomic E-state index is 14.1. The second kappa shape index (κ2) is 8.18. The highest BCUT2D eigenvalue weighted by molar-refractivity contribution is 5.95. The Labute approximate surface area is 207 Å². The van der Waals surface area contributed by atoms with E-state index in [0.29, 0.717) is 35.5 Å². The Bertz CT molecular complexity index is 893. The molecule has 5 aliphatic rings. The predicted octanol–water partition coefficient (Wildman–Crippen LogP) is 5.90. The average molecular weight is 470 g/mol. The molecule has 0 aromatic heterocycles. The lowest BCUT2D eigenvalue weighted by Crippen LogP contribution is -2.62. The number of nitrogens with zero attached hydrogens (tertiary/aromatic N) is 1. The molecule has 0 bridgehead atoms. The first-order chi connectivity index (χ1) is 16.0. The van der Waals surface area contributed by atoms with Crippen molar-refractivity contribution < 1.29 is 14.3 Å². The molecule has 190 valence electrons. The molecule has 34 heavy (non-hydrogen) atoms.